The third-order valence-electron chi connectivity index (χ3n) is 1.95. The topological polar surface area (TPSA) is 18.5 Å². The van der Waals surface area contributed by atoms with E-state index < -0.39 is 0 Å². The van der Waals surface area contributed by atoms with Crippen molar-refractivity contribution < 1.29 is 9.47 Å². The first kappa shape index (κ1) is 13.0. The molecule has 0 aliphatic rings. The van der Waals surface area contributed by atoms with Gasteiger partial charge in [0.15, 0.2) is 6.79 Å². The second kappa shape index (κ2) is 6.51. The fourth-order valence-electron chi connectivity index (χ4n) is 1.29. The van der Waals surface area contributed by atoms with Gasteiger partial charge in [0.1, 0.15) is 5.75 Å². The summed E-state index contributed by atoms with van der Waals surface area (Å²) in [5.74, 6) is 0.906. The van der Waals surface area contributed by atoms with Gasteiger partial charge in [-0.05, 0) is 31.5 Å². The molecule has 0 amide bonds. The summed E-state index contributed by atoms with van der Waals surface area (Å²) >= 11 is 6.91. The average molecular weight is 338 g/mol. The van der Waals surface area contributed by atoms with Gasteiger partial charge in [0.05, 0.1) is 0 Å². The molecule has 0 fully saturated rings. The molecule has 15 heavy (non-hydrogen) atoms. The van der Waals surface area contributed by atoms with E-state index in [-0.39, 0.29) is 0 Å². The summed E-state index contributed by atoms with van der Waals surface area (Å²) < 4.78 is 11.8. The molecule has 84 valence electrons. The molecule has 0 saturated heterocycles. The molecule has 0 unspecified atom stereocenters. The molecule has 0 heterocycles. The number of aryl methyl sites for hydroxylation is 1. The van der Waals surface area contributed by atoms with E-state index in [0.29, 0.717) is 13.4 Å². The molecule has 0 radical (unpaired) electrons. The van der Waals surface area contributed by atoms with E-state index in [2.05, 4.69) is 31.9 Å². The van der Waals surface area contributed by atoms with E-state index in [1.54, 1.807) is 0 Å². The molecule has 0 atom stereocenters. The first-order valence-electron chi connectivity index (χ1n) is 4.74. The van der Waals surface area contributed by atoms with Crippen LogP contribution in [0, 0.1) is 6.92 Å². The highest BCUT2D eigenvalue weighted by Crippen LogP contribution is 2.29. The highest BCUT2D eigenvalue weighted by atomic mass is 79.9. The van der Waals surface area contributed by atoms with Gasteiger partial charge in [-0.1, -0.05) is 31.9 Å². The number of ether oxygens (including phenoxy) is 2. The van der Waals surface area contributed by atoms with Crippen molar-refractivity contribution in [1.82, 2.24) is 0 Å². The van der Waals surface area contributed by atoms with Crippen LogP contribution in [0.2, 0.25) is 0 Å². The van der Waals surface area contributed by atoms with Crippen LogP contribution in [0.1, 0.15) is 18.1 Å². The Balaban J connectivity index is 2.84. The molecule has 1 aromatic carbocycles. The molecular formula is C11H14Br2O2. The summed E-state index contributed by atoms with van der Waals surface area (Å²) in [4.78, 5) is 0. The van der Waals surface area contributed by atoms with Crippen LogP contribution in [0.4, 0.5) is 0 Å². The monoisotopic (exact) mass is 336 g/mol. The number of halogens is 2. The van der Waals surface area contributed by atoms with Gasteiger partial charge in [-0.25, -0.2) is 0 Å². The lowest BCUT2D eigenvalue weighted by Crippen LogP contribution is -2.05. The lowest BCUT2D eigenvalue weighted by molar-refractivity contribution is 0.0215. The molecule has 0 aromatic heterocycles. The maximum atomic E-state index is 5.58. The Bertz CT molecular complexity index is 327. The molecule has 1 rings (SSSR count). The quantitative estimate of drug-likeness (QED) is 0.459. The molecule has 1 aromatic rings. The van der Waals surface area contributed by atoms with Crippen LogP contribution in [0.25, 0.3) is 0 Å². The number of hydrogen-bond acceptors (Lipinski definition) is 2. The van der Waals surface area contributed by atoms with Crippen LogP contribution in [-0.4, -0.2) is 13.4 Å². The number of benzene rings is 1. The third kappa shape index (κ3) is 3.78. The standard InChI is InChI=1S/C11H14Br2O2/c1-3-14-7-15-11-8(2)4-10(13)5-9(11)6-12/h4-5H,3,6-7H2,1-2H3. The van der Waals surface area contributed by atoms with Crippen molar-refractivity contribution in [3.8, 4) is 5.75 Å². The second-order valence-electron chi connectivity index (χ2n) is 3.10. The van der Waals surface area contributed by atoms with Gasteiger partial charge in [0.2, 0.25) is 0 Å². The number of hydrogen-bond donors (Lipinski definition) is 0. The number of alkyl halides is 1. The molecular weight excluding hydrogens is 324 g/mol. The molecule has 0 saturated carbocycles. The average Bonchev–Trinajstić information content (AvgIpc) is 2.20. The minimum atomic E-state index is 0.305. The van der Waals surface area contributed by atoms with E-state index in [1.807, 2.05) is 26.0 Å². The molecule has 2 nitrogen and oxygen atoms in total. The van der Waals surface area contributed by atoms with Gasteiger partial charge < -0.3 is 9.47 Å². The summed E-state index contributed by atoms with van der Waals surface area (Å²) in [6.07, 6.45) is 0. The van der Waals surface area contributed by atoms with Gasteiger partial charge in [0, 0.05) is 22.0 Å². The first-order valence-corrected chi connectivity index (χ1v) is 6.66. The molecule has 0 bridgehead atoms. The summed E-state index contributed by atoms with van der Waals surface area (Å²) in [6.45, 7) is 4.94. The van der Waals surface area contributed by atoms with Gasteiger partial charge in [-0.3, -0.25) is 0 Å². The van der Waals surface area contributed by atoms with Gasteiger partial charge in [0.25, 0.3) is 0 Å². The highest BCUT2D eigenvalue weighted by Gasteiger charge is 2.07. The van der Waals surface area contributed by atoms with E-state index in [9.17, 15) is 0 Å². The Morgan fingerprint density at radius 2 is 2.07 bits per heavy atom. The van der Waals surface area contributed by atoms with Crippen LogP contribution < -0.4 is 4.74 Å². The summed E-state index contributed by atoms with van der Waals surface area (Å²) in [5, 5.41) is 0.773. The Kier molecular flexibility index (Phi) is 5.64. The van der Waals surface area contributed by atoms with Crippen LogP contribution >= 0.6 is 31.9 Å². The lowest BCUT2D eigenvalue weighted by atomic mass is 10.1. The largest absolute Gasteiger partial charge is 0.467 e. The molecule has 0 aliphatic carbocycles. The summed E-state index contributed by atoms with van der Waals surface area (Å²) in [5.41, 5.74) is 2.24. The Morgan fingerprint density at radius 1 is 1.33 bits per heavy atom. The normalized spacial score (nSPS) is 10.4. The maximum absolute atomic E-state index is 5.58. The van der Waals surface area contributed by atoms with Crippen molar-refractivity contribution in [2.45, 2.75) is 19.2 Å². The fourth-order valence-corrected chi connectivity index (χ4v) is 2.33. The zero-order valence-corrected chi connectivity index (χ0v) is 12.0. The van der Waals surface area contributed by atoms with Crippen molar-refractivity contribution in [1.29, 1.82) is 0 Å². The highest BCUT2D eigenvalue weighted by molar-refractivity contribution is 9.10. The van der Waals surface area contributed by atoms with E-state index >= 15 is 0 Å². The SMILES string of the molecule is CCOCOc1c(C)cc(Br)cc1CBr. The Hall–Kier alpha value is -0.0600. The van der Waals surface area contributed by atoms with E-state index in [1.165, 1.54) is 0 Å². The van der Waals surface area contributed by atoms with Crippen LogP contribution in [0.5, 0.6) is 5.75 Å². The van der Waals surface area contributed by atoms with Gasteiger partial charge in [-0.2, -0.15) is 0 Å². The summed E-state index contributed by atoms with van der Waals surface area (Å²) in [7, 11) is 0. The molecule has 0 N–H and O–H groups in total. The van der Waals surface area contributed by atoms with E-state index in [4.69, 9.17) is 9.47 Å². The lowest BCUT2D eigenvalue weighted by Gasteiger charge is -2.13. The van der Waals surface area contributed by atoms with Gasteiger partial charge >= 0.3 is 0 Å². The predicted octanol–water partition coefficient (Wildman–Crippen LogP) is 4.03. The van der Waals surface area contributed by atoms with Crippen molar-refractivity contribution >= 4 is 31.9 Å². The summed E-state index contributed by atoms with van der Waals surface area (Å²) in [6, 6.07) is 4.08. The van der Waals surface area contributed by atoms with Crippen molar-refractivity contribution in [2.24, 2.45) is 0 Å². The predicted molar refractivity (Wildman–Crippen MR) is 68.6 cm³/mol. The second-order valence-corrected chi connectivity index (χ2v) is 4.58. The minimum absolute atomic E-state index is 0.305. The van der Waals surface area contributed by atoms with Crippen LogP contribution in [-0.2, 0) is 10.1 Å². The third-order valence-corrected chi connectivity index (χ3v) is 3.01. The zero-order valence-electron chi connectivity index (χ0n) is 8.85. The molecule has 0 aliphatic heterocycles. The van der Waals surface area contributed by atoms with Crippen LogP contribution in [0.3, 0.4) is 0 Å². The van der Waals surface area contributed by atoms with Crippen molar-refractivity contribution in [2.75, 3.05) is 13.4 Å². The Labute approximate surface area is 107 Å². The minimum Gasteiger partial charge on any atom is -0.467 e. The first-order chi connectivity index (χ1) is 7.19. The fraction of sp³-hybridized carbons (Fsp3) is 0.455. The smallest absolute Gasteiger partial charge is 0.189 e. The van der Waals surface area contributed by atoms with Gasteiger partial charge in [-0.15, -0.1) is 0 Å². The number of rotatable bonds is 5. The molecule has 0 spiro atoms. The van der Waals surface area contributed by atoms with E-state index in [0.717, 1.165) is 26.7 Å². The van der Waals surface area contributed by atoms with Crippen LogP contribution in [0.15, 0.2) is 16.6 Å². The maximum Gasteiger partial charge on any atom is 0.189 e. The Morgan fingerprint density at radius 3 is 2.67 bits per heavy atom. The zero-order chi connectivity index (χ0) is 11.3. The van der Waals surface area contributed by atoms with Crippen molar-refractivity contribution in [3.05, 3.63) is 27.7 Å². The van der Waals surface area contributed by atoms with Crippen molar-refractivity contribution in [3.63, 3.8) is 0 Å². The molecule has 4 heteroatoms.